The number of hydrogen-bond acceptors (Lipinski definition) is 5. The predicted molar refractivity (Wildman–Crippen MR) is 74.9 cm³/mol. The number of methoxy groups -OCH3 is 1. The molecule has 1 aliphatic rings. The van der Waals surface area contributed by atoms with Crippen molar-refractivity contribution in [3.8, 4) is 0 Å². The van der Waals surface area contributed by atoms with Gasteiger partial charge in [0.25, 0.3) is 0 Å². The first-order valence-electron chi connectivity index (χ1n) is 6.39. The number of nitrogens with one attached hydrogen (secondary N) is 1. The lowest BCUT2D eigenvalue weighted by Gasteiger charge is -2.34. The normalized spacial score (nSPS) is 19.3. The van der Waals surface area contributed by atoms with Gasteiger partial charge in [-0.1, -0.05) is 18.5 Å². The minimum atomic E-state index is -0.462. The van der Waals surface area contributed by atoms with E-state index in [1.807, 2.05) is 6.07 Å². The third kappa shape index (κ3) is 3.16. The van der Waals surface area contributed by atoms with Crippen molar-refractivity contribution in [1.82, 2.24) is 10.3 Å². The summed E-state index contributed by atoms with van der Waals surface area (Å²) >= 11 is 6.04. The van der Waals surface area contributed by atoms with Crippen molar-refractivity contribution >= 4 is 23.4 Å². The van der Waals surface area contributed by atoms with Gasteiger partial charge in [-0.15, -0.1) is 0 Å². The molecule has 5 nitrogen and oxygen atoms in total. The molecule has 104 valence electrons. The Hall–Kier alpha value is -1.33. The zero-order valence-corrected chi connectivity index (χ0v) is 11.9. The minimum absolute atomic E-state index is 0.191. The van der Waals surface area contributed by atoms with Gasteiger partial charge in [0.15, 0.2) is 0 Å². The monoisotopic (exact) mass is 283 g/mol. The van der Waals surface area contributed by atoms with E-state index < -0.39 is 5.97 Å². The third-order valence-corrected chi connectivity index (χ3v) is 3.60. The van der Waals surface area contributed by atoms with Gasteiger partial charge >= 0.3 is 5.97 Å². The summed E-state index contributed by atoms with van der Waals surface area (Å²) in [4.78, 5) is 17.9. The number of halogens is 1. The molecule has 0 aliphatic carbocycles. The van der Waals surface area contributed by atoms with Crippen LogP contribution >= 0.6 is 11.6 Å². The van der Waals surface area contributed by atoms with E-state index in [1.54, 1.807) is 6.07 Å². The summed E-state index contributed by atoms with van der Waals surface area (Å²) in [7, 11) is 1.33. The highest BCUT2D eigenvalue weighted by molar-refractivity contribution is 6.32. The quantitative estimate of drug-likeness (QED) is 0.676. The Labute approximate surface area is 117 Å². The zero-order chi connectivity index (χ0) is 13.8. The van der Waals surface area contributed by atoms with E-state index in [-0.39, 0.29) is 5.15 Å². The second-order valence-electron chi connectivity index (χ2n) is 4.50. The number of anilines is 1. The molecule has 0 radical (unpaired) electrons. The first-order valence-corrected chi connectivity index (χ1v) is 6.76. The van der Waals surface area contributed by atoms with E-state index >= 15 is 0 Å². The largest absolute Gasteiger partial charge is 0.465 e. The summed E-state index contributed by atoms with van der Waals surface area (Å²) in [6.45, 7) is 4.87. The van der Waals surface area contributed by atoms with Crippen molar-refractivity contribution in [2.24, 2.45) is 0 Å². The van der Waals surface area contributed by atoms with Gasteiger partial charge in [0.1, 0.15) is 11.0 Å². The molecule has 0 amide bonds. The fraction of sp³-hybridized carbons (Fsp3) is 0.538. The number of carbonyl (C=O) groups is 1. The highest BCUT2D eigenvalue weighted by atomic mass is 35.5. The van der Waals surface area contributed by atoms with Gasteiger partial charge in [0.05, 0.1) is 12.7 Å². The lowest BCUT2D eigenvalue weighted by molar-refractivity contribution is 0.0600. The van der Waals surface area contributed by atoms with Crippen LogP contribution in [-0.2, 0) is 4.74 Å². The molecule has 1 aromatic heterocycles. The van der Waals surface area contributed by atoms with E-state index in [2.05, 4.69) is 26.9 Å². The summed E-state index contributed by atoms with van der Waals surface area (Å²) in [5.74, 6) is 0.341. The van der Waals surface area contributed by atoms with Crippen LogP contribution in [0, 0.1) is 0 Å². The molecule has 2 heterocycles. The van der Waals surface area contributed by atoms with Crippen molar-refractivity contribution in [2.75, 3.05) is 31.6 Å². The summed E-state index contributed by atoms with van der Waals surface area (Å²) in [6, 6.07) is 3.95. The fourth-order valence-electron chi connectivity index (χ4n) is 2.17. The summed E-state index contributed by atoms with van der Waals surface area (Å²) in [6.07, 6.45) is 1.07. The number of ether oxygens (including phenoxy) is 1. The molecule has 0 unspecified atom stereocenters. The smallest absolute Gasteiger partial charge is 0.341 e. The molecule has 0 bridgehead atoms. The van der Waals surface area contributed by atoms with Gasteiger partial charge in [0, 0.05) is 25.7 Å². The molecule has 0 aromatic carbocycles. The van der Waals surface area contributed by atoms with Crippen LogP contribution in [0.2, 0.25) is 5.15 Å². The molecule has 1 aliphatic heterocycles. The maximum atomic E-state index is 11.4. The molecule has 1 N–H and O–H groups in total. The number of carbonyl (C=O) groups excluding carboxylic acids is 1. The van der Waals surface area contributed by atoms with Gasteiger partial charge < -0.3 is 15.0 Å². The lowest BCUT2D eigenvalue weighted by atomic mass is 10.1. The Morgan fingerprint density at radius 2 is 2.42 bits per heavy atom. The Morgan fingerprint density at radius 3 is 3.05 bits per heavy atom. The van der Waals surface area contributed by atoms with E-state index in [0.29, 0.717) is 11.6 Å². The molecular formula is C13H18ClN3O2. The number of aromatic nitrogens is 1. The molecule has 1 atom stereocenters. The Balaban J connectivity index is 2.17. The second kappa shape index (κ2) is 6.21. The van der Waals surface area contributed by atoms with E-state index in [9.17, 15) is 4.79 Å². The molecular weight excluding hydrogens is 266 g/mol. The Kier molecular flexibility index (Phi) is 4.61. The number of rotatable bonds is 3. The molecule has 6 heteroatoms. The zero-order valence-electron chi connectivity index (χ0n) is 11.1. The number of piperazine rings is 1. The van der Waals surface area contributed by atoms with E-state index in [4.69, 9.17) is 11.6 Å². The van der Waals surface area contributed by atoms with E-state index in [1.165, 1.54) is 7.11 Å². The number of nitrogens with zero attached hydrogens (tertiary/aromatic N) is 2. The average Bonchev–Trinajstić information content (AvgIpc) is 2.46. The number of pyridine rings is 1. The van der Waals surface area contributed by atoms with Crippen molar-refractivity contribution < 1.29 is 9.53 Å². The van der Waals surface area contributed by atoms with Crippen molar-refractivity contribution in [3.63, 3.8) is 0 Å². The van der Waals surface area contributed by atoms with Crippen LogP contribution in [0.25, 0.3) is 0 Å². The molecule has 19 heavy (non-hydrogen) atoms. The summed E-state index contributed by atoms with van der Waals surface area (Å²) in [5.41, 5.74) is 0.301. The highest BCUT2D eigenvalue weighted by Gasteiger charge is 2.20. The van der Waals surface area contributed by atoms with Gasteiger partial charge in [-0.05, 0) is 18.6 Å². The average molecular weight is 284 g/mol. The van der Waals surface area contributed by atoms with Crippen LogP contribution in [0.4, 0.5) is 5.82 Å². The molecule has 2 rings (SSSR count). The van der Waals surface area contributed by atoms with Crippen molar-refractivity contribution in [3.05, 3.63) is 22.8 Å². The number of hydrogen-bond donors (Lipinski definition) is 1. The van der Waals surface area contributed by atoms with Crippen LogP contribution in [-0.4, -0.2) is 43.7 Å². The SMILES string of the molecule is CC[C@@H]1CN(c2ccc(C(=O)OC)c(Cl)n2)CCN1. The maximum Gasteiger partial charge on any atom is 0.341 e. The predicted octanol–water partition coefficient (Wildman–Crippen LogP) is 1.71. The minimum Gasteiger partial charge on any atom is -0.465 e. The summed E-state index contributed by atoms with van der Waals surface area (Å²) < 4.78 is 4.65. The fourth-order valence-corrected chi connectivity index (χ4v) is 2.40. The summed E-state index contributed by atoms with van der Waals surface area (Å²) in [5, 5.41) is 3.64. The molecule has 1 aromatic rings. The third-order valence-electron chi connectivity index (χ3n) is 3.31. The van der Waals surface area contributed by atoms with Crippen LogP contribution < -0.4 is 10.2 Å². The van der Waals surface area contributed by atoms with Gasteiger partial charge in [-0.3, -0.25) is 0 Å². The standard InChI is InChI=1S/C13H18ClN3O2/c1-3-9-8-17(7-6-15-9)11-5-4-10(12(14)16-11)13(18)19-2/h4-5,9,15H,3,6-8H2,1-2H3/t9-/m1/s1. The Bertz CT molecular complexity index is 467. The van der Waals surface area contributed by atoms with Gasteiger partial charge in [0.2, 0.25) is 0 Å². The Morgan fingerprint density at radius 1 is 1.63 bits per heavy atom. The highest BCUT2D eigenvalue weighted by Crippen LogP contribution is 2.21. The van der Waals surface area contributed by atoms with Crippen LogP contribution in [0.15, 0.2) is 12.1 Å². The van der Waals surface area contributed by atoms with E-state index in [0.717, 1.165) is 31.9 Å². The maximum absolute atomic E-state index is 11.4. The molecule has 0 spiro atoms. The molecule has 1 saturated heterocycles. The molecule has 1 fully saturated rings. The van der Waals surface area contributed by atoms with Gasteiger partial charge in [-0.25, -0.2) is 9.78 Å². The van der Waals surface area contributed by atoms with Gasteiger partial charge in [-0.2, -0.15) is 0 Å². The van der Waals surface area contributed by atoms with Crippen LogP contribution in [0.1, 0.15) is 23.7 Å². The van der Waals surface area contributed by atoms with Crippen molar-refractivity contribution in [1.29, 1.82) is 0 Å². The lowest BCUT2D eigenvalue weighted by Crippen LogP contribution is -2.50. The van der Waals surface area contributed by atoms with Crippen molar-refractivity contribution in [2.45, 2.75) is 19.4 Å². The number of esters is 1. The van der Waals surface area contributed by atoms with Crippen LogP contribution in [0.5, 0.6) is 0 Å². The first kappa shape index (κ1) is 14.1. The first-order chi connectivity index (χ1) is 9.15. The molecule has 0 saturated carbocycles. The second-order valence-corrected chi connectivity index (χ2v) is 4.86. The topological polar surface area (TPSA) is 54.5 Å². The van der Waals surface area contributed by atoms with Crippen LogP contribution in [0.3, 0.4) is 0 Å².